The maximum atomic E-state index is 12.5. The molecule has 2 rings (SSSR count). The van der Waals surface area contributed by atoms with Crippen molar-refractivity contribution in [3.8, 4) is 0 Å². The maximum absolute atomic E-state index is 12.5. The van der Waals surface area contributed by atoms with Crippen molar-refractivity contribution in [1.82, 2.24) is 0 Å². The van der Waals surface area contributed by atoms with Crippen molar-refractivity contribution >= 4 is 11.6 Å². The van der Waals surface area contributed by atoms with E-state index in [-0.39, 0.29) is 11.9 Å². The van der Waals surface area contributed by atoms with Crippen molar-refractivity contribution in [1.29, 1.82) is 0 Å². The molecule has 3 heteroatoms. The quantitative estimate of drug-likeness (QED) is 0.821. The highest BCUT2D eigenvalue weighted by Crippen LogP contribution is 2.27. The second-order valence-corrected chi connectivity index (χ2v) is 7.33. The van der Waals surface area contributed by atoms with E-state index >= 15 is 0 Å². The summed E-state index contributed by atoms with van der Waals surface area (Å²) in [4.78, 5) is 12.5. The molecule has 0 bridgehead atoms. The Morgan fingerprint density at radius 1 is 1.00 bits per heavy atom. The van der Waals surface area contributed by atoms with E-state index in [2.05, 4.69) is 75.6 Å². The first-order chi connectivity index (χ1) is 11.8. The number of hydrogen-bond acceptors (Lipinski definition) is 1. The number of aryl methyl sites for hydroxylation is 3. The molecule has 0 aliphatic rings. The number of hydrogen-bond donors (Lipinski definition) is 2. The first kappa shape index (κ1) is 19.2. The van der Waals surface area contributed by atoms with E-state index in [4.69, 9.17) is 0 Å². The molecule has 3 nitrogen and oxygen atoms in total. The fourth-order valence-electron chi connectivity index (χ4n) is 3.19. The van der Waals surface area contributed by atoms with E-state index in [1.165, 1.54) is 22.3 Å². The van der Waals surface area contributed by atoms with Crippen LogP contribution >= 0.6 is 0 Å². The number of quaternary nitrogens is 1. The number of amides is 1. The molecule has 0 radical (unpaired) electrons. The van der Waals surface area contributed by atoms with Crippen LogP contribution in [-0.2, 0) is 4.79 Å². The van der Waals surface area contributed by atoms with Gasteiger partial charge in [0.05, 0.1) is 0 Å². The van der Waals surface area contributed by atoms with Crippen LogP contribution in [0.2, 0.25) is 0 Å². The lowest BCUT2D eigenvalue weighted by molar-refractivity contribution is -0.682. The van der Waals surface area contributed by atoms with Gasteiger partial charge in [-0.05, 0) is 56.4 Å². The van der Waals surface area contributed by atoms with Crippen LogP contribution < -0.4 is 10.6 Å². The lowest BCUT2D eigenvalue weighted by Gasteiger charge is -2.17. The number of anilines is 1. The van der Waals surface area contributed by atoms with E-state index in [9.17, 15) is 4.79 Å². The molecule has 2 aromatic carbocycles. The Labute approximate surface area is 151 Å². The molecular formula is C22H31N2O+. The van der Waals surface area contributed by atoms with E-state index in [0.29, 0.717) is 12.5 Å². The lowest BCUT2D eigenvalue weighted by Crippen LogP contribution is -2.86. The van der Waals surface area contributed by atoms with E-state index in [0.717, 1.165) is 11.3 Å². The Hall–Kier alpha value is -2.13. The molecule has 0 unspecified atom stereocenters. The third-order valence-electron chi connectivity index (χ3n) is 4.77. The Morgan fingerprint density at radius 3 is 2.40 bits per heavy atom. The molecule has 0 aliphatic carbocycles. The van der Waals surface area contributed by atoms with Crippen molar-refractivity contribution in [2.75, 3.05) is 11.9 Å². The van der Waals surface area contributed by atoms with Crippen molar-refractivity contribution in [2.45, 2.75) is 53.5 Å². The maximum Gasteiger partial charge on any atom is 0.279 e. The lowest BCUT2D eigenvalue weighted by atomic mass is 9.98. The number of carbonyl (C=O) groups is 1. The Bertz CT molecular complexity index is 750. The van der Waals surface area contributed by atoms with Gasteiger partial charge in [-0.15, -0.1) is 0 Å². The molecule has 1 amide bonds. The largest absolute Gasteiger partial charge is 0.332 e. The number of nitrogens with one attached hydrogen (secondary N) is 1. The second kappa shape index (κ2) is 8.30. The molecule has 1 atom stereocenters. The summed E-state index contributed by atoms with van der Waals surface area (Å²) in [6, 6.07) is 12.9. The first-order valence-electron chi connectivity index (χ1n) is 9.09. The van der Waals surface area contributed by atoms with Crippen LogP contribution in [-0.4, -0.2) is 12.5 Å². The molecule has 3 N–H and O–H groups in total. The zero-order chi connectivity index (χ0) is 18.6. The summed E-state index contributed by atoms with van der Waals surface area (Å²) in [7, 11) is 0. The molecule has 134 valence electrons. The third kappa shape index (κ3) is 4.93. The van der Waals surface area contributed by atoms with Crippen LogP contribution in [0.15, 0.2) is 36.4 Å². The average molecular weight is 340 g/mol. The van der Waals surface area contributed by atoms with Gasteiger partial charge in [-0.3, -0.25) is 4.79 Å². The predicted octanol–water partition coefficient (Wildman–Crippen LogP) is 4.00. The summed E-state index contributed by atoms with van der Waals surface area (Å²) in [5.74, 6) is 0.432. The number of para-hydroxylation sites is 1. The predicted molar refractivity (Wildman–Crippen MR) is 105 cm³/mol. The van der Waals surface area contributed by atoms with Gasteiger partial charge < -0.3 is 10.6 Å². The van der Waals surface area contributed by atoms with Gasteiger partial charge in [0.1, 0.15) is 6.04 Å². The van der Waals surface area contributed by atoms with Crippen LogP contribution in [0.3, 0.4) is 0 Å². The second-order valence-electron chi connectivity index (χ2n) is 7.33. The van der Waals surface area contributed by atoms with Crippen molar-refractivity contribution in [3.05, 3.63) is 64.2 Å². The SMILES string of the molecule is Cc1ccc(C)c([C@H](C)[NH2+]CC(=O)Nc2c(C)cccc2C(C)C)c1. The van der Waals surface area contributed by atoms with Gasteiger partial charge in [-0.1, -0.05) is 49.7 Å². The van der Waals surface area contributed by atoms with Gasteiger partial charge in [0.2, 0.25) is 0 Å². The first-order valence-corrected chi connectivity index (χ1v) is 9.09. The molecule has 0 saturated carbocycles. The summed E-state index contributed by atoms with van der Waals surface area (Å²) in [5.41, 5.74) is 7.10. The average Bonchev–Trinajstić information content (AvgIpc) is 2.56. The molecule has 0 heterocycles. The van der Waals surface area contributed by atoms with Crippen LogP contribution in [0.4, 0.5) is 5.69 Å². The van der Waals surface area contributed by atoms with Crippen LogP contribution in [0, 0.1) is 20.8 Å². The monoisotopic (exact) mass is 339 g/mol. The number of benzene rings is 2. The van der Waals surface area contributed by atoms with Crippen molar-refractivity contribution < 1.29 is 10.1 Å². The number of nitrogens with two attached hydrogens (primary N) is 1. The molecule has 25 heavy (non-hydrogen) atoms. The molecule has 0 spiro atoms. The Morgan fingerprint density at radius 2 is 1.72 bits per heavy atom. The molecule has 0 aromatic heterocycles. The summed E-state index contributed by atoms with van der Waals surface area (Å²) in [6.07, 6.45) is 0. The van der Waals surface area contributed by atoms with Crippen LogP contribution in [0.5, 0.6) is 0 Å². The standard InChI is InChI=1S/C22H30N2O/c1-14(2)19-9-7-8-17(5)22(19)24-21(25)13-23-18(6)20-12-15(3)10-11-16(20)4/h7-12,14,18,23H,13H2,1-6H3,(H,24,25)/p+1/t18-/m0/s1. The fraction of sp³-hybridized carbons (Fsp3) is 0.409. The molecule has 2 aromatic rings. The minimum absolute atomic E-state index is 0.0494. The Kier molecular flexibility index (Phi) is 6.38. The number of carbonyl (C=O) groups excluding carboxylic acids is 1. The highest BCUT2D eigenvalue weighted by Gasteiger charge is 2.16. The summed E-state index contributed by atoms with van der Waals surface area (Å²) < 4.78 is 0. The zero-order valence-electron chi connectivity index (χ0n) is 16.3. The summed E-state index contributed by atoms with van der Waals surface area (Å²) in [6.45, 7) is 13.2. The van der Waals surface area contributed by atoms with Gasteiger partial charge in [-0.25, -0.2) is 0 Å². The number of rotatable bonds is 6. The van der Waals surface area contributed by atoms with Gasteiger partial charge >= 0.3 is 0 Å². The van der Waals surface area contributed by atoms with Gasteiger partial charge in [0.25, 0.3) is 5.91 Å². The van der Waals surface area contributed by atoms with E-state index in [1.807, 2.05) is 13.0 Å². The third-order valence-corrected chi connectivity index (χ3v) is 4.77. The summed E-state index contributed by atoms with van der Waals surface area (Å²) >= 11 is 0. The smallest absolute Gasteiger partial charge is 0.279 e. The van der Waals surface area contributed by atoms with Crippen LogP contribution in [0.1, 0.15) is 60.5 Å². The molecule has 0 aliphatic heterocycles. The highest BCUT2D eigenvalue weighted by molar-refractivity contribution is 5.93. The zero-order valence-corrected chi connectivity index (χ0v) is 16.3. The van der Waals surface area contributed by atoms with Gasteiger partial charge in [0.15, 0.2) is 6.54 Å². The van der Waals surface area contributed by atoms with Gasteiger partial charge in [0, 0.05) is 11.3 Å². The van der Waals surface area contributed by atoms with Crippen molar-refractivity contribution in [3.63, 3.8) is 0 Å². The van der Waals surface area contributed by atoms with Crippen molar-refractivity contribution in [2.24, 2.45) is 0 Å². The van der Waals surface area contributed by atoms with E-state index < -0.39 is 0 Å². The topological polar surface area (TPSA) is 45.7 Å². The van der Waals surface area contributed by atoms with E-state index in [1.54, 1.807) is 0 Å². The Balaban J connectivity index is 2.03. The van der Waals surface area contributed by atoms with Crippen LogP contribution in [0.25, 0.3) is 0 Å². The van der Waals surface area contributed by atoms with Gasteiger partial charge in [-0.2, -0.15) is 0 Å². The summed E-state index contributed by atoms with van der Waals surface area (Å²) in [5, 5.41) is 5.22. The molecular weight excluding hydrogens is 308 g/mol. The normalized spacial score (nSPS) is 12.3. The highest BCUT2D eigenvalue weighted by atomic mass is 16.1. The fourth-order valence-corrected chi connectivity index (χ4v) is 3.19. The molecule has 0 saturated heterocycles. The minimum atomic E-state index is 0.0494. The molecule has 0 fully saturated rings. The minimum Gasteiger partial charge on any atom is -0.332 e.